The summed E-state index contributed by atoms with van der Waals surface area (Å²) in [6, 6.07) is 14.3. The molecule has 3 aromatic rings. The molecule has 154 valence electrons. The van der Waals surface area contributed by atoms with Crippen LogP contribution in [0.5, 0.6) is 5.75 Å². The summed E-state index contributed by atoms with van der Waals surface area (Å²) in [4.78, 5) is -0.0304. The number of aryl methyl sites for hydroxylation is 2. The smallest absolute Gasteiger partial charge is 0.268 e. The van der Waals surface area contributed by atoms with Gasteiger partial charge in [0.2, 0.25) is 0 Å². The highest BCUT2D eigenvalue weighted by Gasteiger charge is 2.28. The van der Waals surface area contributed by atoms with Gasteiger partial charge in [0.15, 0.2) is 0 Å². The summed E-state index contributed by atoms with van der Waals surface area (Å²) in [5.74, 6) is 0.366. The maximum Gasteiger partial charge on any atom is 0.268 e. The van der Waals surface area contributed by atoms with E-state index in [4.69, 9.17) is 4.74 Å². The Kier molecular flexibility index (Phi) is 5.46. The van der Waals surface area contributed by atoms with E-state index in [1.165, 1.54) is 32.2 Å². The molecule has 0 unspecified atom stereocenters. The van der Waals surface area contributed by atoms with Crippen molar-refractivity contribution in [3.05, 3.63) is 71.5 Å². The summed E-state index contributed by atoms with van der Waals surface area (Å²) in [6.45, 7) is 4.85. The summed E-state index contributed by atoms with van der Waals surface area (Å²) in [6.07, 6.45) is 0. The van der Waals surface area contributed by atoms with Crippen LogP contribution >= 0.6 is 0 Å². The number of aromatic nitrogens is 1. The van der Waals surface area contributed by atoms with Gasteiger partial charge in [0, 0.05) is 5.69 Å². The quantitative estimate of drug-likeness (QED) is 0.641. The molecule has 0 radical (unpaired) electrons. The minimum Gasteiger partial charge on any atom is -0.495 e. The van der Waals surface area contributed by atoms with Gasteiger partial charge in [-0.1, -0.05) is 24.3 Å². The number of hydrogen-bond donors (Lipinski definition) is 1. The highest BCUT2D eigenvalue weighted by atomic mass is 32.2. The Hall–Kier alpha value is -2.78. The van der Waals surface area contributed by atoms with Crippen molar-refractivity contribution in [2.45, 2.75) is 30.6 Å². The molecule has 2 aromatic carbocycles. The SMILES string of the molecule is COc1ccc(C)cc1NS(=O)(=O)c1cc(C)n(S(=O)(=O)c2ccccc2)c1C. The molecule has 0 amide bonds. The normalized spacial score (nSPS) is 12.0. The summed E-state index contributed by atoms with van der Waals surface area (Å²) in [5, 5.41) is 0. The Morgan fingerprint density at radius 2 is 1.55 bits per heavy atom. The second kappa shape index (κ2) is 7.57. The van der Waals surface area contributed by atoms with Crippen LogP contribution in [0.1, 0.15) is 17.0 Å². The van der Waals surface area contributed by atoms with Crippen molar-refractivity contribution in [2.24, 2.45) is 0 Å². The molecule has 1 heterocycles. The molecule has 0 saturated heterocycles. The minimum absolute atomic E-state index is 0.0825. The maximum atomic E-state index is 13.1. The van der Waals surface area contributed by atoms with Gasteiger partial charge in [-0.25, -0.2) is 20.8 Å². The lowest BCUT2D eigenvalue weighted by Crippen LogP contribution is -2.18. The van der Waals surface area contributed by atoms with Gasteiger partial charge < -0.3 is 4.74 Å². The Morgan fingerprint density at radius 3 is 2.17 bits per heavy atom. The van der Waals surface area contributed by atoms with E-state index in [-0.39, 0.29) is 21.2 Å². The second-order valence-electron chi connectivity index (χ2n) is 6.63. The number of sulfonamides is 1. The standard InChI is InChI=1S/C20H22N2O5S2/c1-14-10-11-19(27-4)18(12-14)21-28(23,24)20-13-15(2)22(16(20)3)29(25,26)17-8-6-5-7-9-17/h5-13,21H,1-4H3. The van der Waals surface area contributed by atoms with Gasteiger partial charge in [-0.3, -0.25) is 4.72 Å². The number of methoxy groups -OCH3 is 1. The van der Waals surface area contributed by atoms with Crippen molar-refractivity contribution in [2.75, 3.05) is 11.8 Å². The van der Waals surface area contributed by atoms with E-state index in [2.05, 4.69) is 4.72 Å². The number of nitrogens with one attached hydrogen (secondary N) is 1. The van der Waals surface area contributed by atoms with Gasteiger partial charge in [0.05, 0.1) is 23.4 Å². The average Bonchev–Trinajstić information content (AvgIpc) is 2.98. The highest BCUT2D eigenvalue weighted by molar-refractivity contribution is 7.93. The Balaban J connectivity index is 2.10. The predicted octanol–water partition coefficient (Wildman–Crippen LogP) is 3.46. The minimum atomic E-state index is -4.05. The molecule has 1 aromatic heterocycles. The van der Waals surface area contributed by atoms with E-state index in [1.54, 1.807) is 43.3 Å². The Morgan fingerprint density at radius 1 is 0.897 bits per heavy atom. The maximum absolute atomic E-state index is 13.1. The second-order valence-corrected chi connectivity index (χ2v) is 10.1. The average molecular weight is 435 g/mol. The molecule has 0 aliphatic heterocycles. The fraction of sp³-hybridized carbons (Fsp3) is 0.200. The first-order chi connectivity index (χ1) is 13.6. The molecule has 0 aliphatic rings. The molecule has 0 atom stereocenters. The van der Waals surface area contributed by atoms with Crippen molar-refractivity contribution >= 4 is 25.7 Å². The van der Waals surface area contributed by atoms with Gasteiger partial charge in [-0.2, -0.15) is 0 Å². The number of ether oxygens (including phenoxy) is 1. The molecule has 0 fully saturated rings. The molecule has 0 spiro atoms. The van der Waals surface area contributed by atoms with Gasteiger partial charge in [-0.15, -0.1) is 0 Å². The topological polar surface area (TPSA) is 94.5 Å². The van der Waals surface area contributed by atoms with Crippen molar-refractivity contribution in [1.29, 1.82) is 0 Å². The number of hydrogen-bond acceptors (Lipinski definition) is 5. The third-order valence-corrected chi connectivity index (χ3v) is 7.88. The fourth-order valence-electron chi connectivity index (χ4n) is 3.16. The van der Waals surface area contributed by atoms with Gasteiger partial charge in [-0.05, 0) is 56.7 Å². The molecule has 0 bridgehead atoms. The summed E-state index contributed by atoms with van der Waals surface area (Å²) in [7, 11) is -6.54. The molecule has 7 nitrogen and oxygen atoms in total. The molecule has 0 aliphatic carbocycles. The van der Waals surface area contributed by atoms with Crippen LogP contribution in [-0.2, 0) is 20.0 Å². The molecule has 9 heteroatoms. The summed E-state index contributed by atoms with van der Waals surface area (Å²) < 4.78 is 61.0. The van der Waals surface area contributed by atoms with Crippen molar-refractivity contribution < 1.29 is 21.6 Å². The first-order valence-corrected chi connectivity index (χ1v) is 11.7. The third-order valence-electron chi connectivity index (χ3n) is 4.49. The number of benzene rings is 2. The van der Waals surface area contributed by atoms with E-state index in [0.29, 0.717) is 11.4 Å². The predicted molar refractivity (Wildman–Crippen MR) is 111 cm³/mol. The third kappa shape index (κ3) is 3.88. The van der Waals surface area contributed by atoms with Crippen LogP contribution in [0.25, 0.3) is 0 Å². The molecular formula is C20H22N2O5S2. The molecule has 1 N–H and O–H groups in total. The summed E-state index contributed by atoms with van der Waals surface area (Å²) in [5.41, 5.74) is 1.53. The van der Waals surface area contributed by atoms with E-state index in [0.717, 1.165) is 9.54 Å². The number of nitrogens with zero attached hydrogens (tertiary/aromatic N) is 1. The van der Waals surface area contributed by atoms with Crippen LogP contribution in [0.2, 0.25) is 0 Å². The van der Waals surface area contributed by atoms with Gasteiger partial charge >= 0.3 is 0 Å². The summed E-state index contributed by atoms with van der Waals surface area (Å²) >= 11 is 0. The van der Waals surface area contributed by atoms with Crippen LogP contribution in [-0.4, -0.2) is 27.9 Å². The zero-order chi connectivity index (χ0) is 21.4. The van der Waals surface area contributed by atoms with Gasteiger partial charge in [0.25, 0.3) is 20.0 Å². The van der Waals surface area contributed by atoms with Crippen molar-refractivity contribution in [3.63, 3.8) is 0 Å². The van der Waals surface area contributed by atoms with E-state index < -0.39 is 20.0 Å². The highest BCUT2D eigenvalue weighted by Crippen LogP contribution is 2.31. The number of rotatable bonds is 6. The van der Waals surface area contributed by atoms with E-state index in [1.807, 2.05) is 6.92 Å². The lowest BCUT2D eigenvalue weighted by molar-refractivity contribution is 0.417. The van der Waals surface area contributed by atoms with Crippen LogP contribution in [0.3, 0.4) is 0 Å². The lowest BCUT2D eigenvalue weighted by atomic mass is 10.2. The lowest BCUT2D eigenvalue weighted by Gasteiger charge is -2.13. The monoisotopic (exact) mass is 434 g/mol. The number of anilines is 1. The molecule has 29 heavy (non-hydrogen) atoms. The zero-order valence-electron chi connectivity index (χ0n) is 16.5. The van der Waals surface area contributed by atoms with E-state index >= 15 is 0 Å². The van der Waals surface area contributed by atoms with Crippen LogP contribution in [0.4, 0.5) is 5.69 Å². The fourth-order valence-corrected chi connectivity index (χ4v) is 6.18. The first-order valence-electron chi connectivity index (χ1n) is 8.75. The molecule has 0 saturated carbocycles. The molecule has 3 rings (SSSR count). The van der Waals surface area contributed by atoms with Gasteiger partial charge in [0.1, 0.15) is 10.6 Å². The van der Waals surface area contributed by atoms with E-state index in [9.17, 15) is 16.8 Å². The van der Waals surface area contributed by atoms with Crippen LogP contribution < -0.4 is 9.46 Å². The van der Waals surface area contributed by atoms with Crippen LogP contribution in [0.15, 0.2) is 64.4 Å². The zero-order valence-corrected chi connectivity index (χ0v) is 18.1. The largest absolute Gasteiger partial charge is 0.495 e. The Bertz CT molecular complexity index is 1260. The first kappa shape index (κ1) is 20.9. The van der Waals surface area contributed by atoms with Crippen LogP contribution in [0, 0.1) is 20.8 Å². The Labute approximate surface area is 171 Å². The van der Waals surface area contributed by atoms with Crippen molar-refractivity contribution in [3.8, 4) is 5.75 Å². The van der Waals surface area contributed by atoms with Crippen molar-refractivity contribution in [1.82, 2.24) is 3.97 Å². The molecular weight excluding hydrogens is 412 g/mol.